The highest BCUT2D eigenvalue weighted by Gasteiger charge is 2.17. The molecule has 0 aliphatic heterocycles. The standard InChI is InChI=1S/C30H21N3O4/c1-35-23-14-13-20-15-22(12-11-21(20)16-23)27-17-25(24-9-5-6-10-26(24)31-27)30(34)36-18-28-32-33-29(37-28)19-7-3-2-4-8-19/h2-17H,18H2,1H3. The first-order chi connectivity index (χ1) is 18.2. The van der Waals surface area contributed by atoms with E-state index in [0.29, 0.717) is 28.1 Å². The van der Waals surface area contributed by atoms with Crippen LogP contribution >= 0.6 is 0 Å². The fourth-order valence-electron chi connectivity index (χ4n) is 4.22. The summed E-state index contributed by atoms with van der Waals surface area (Å²) in [7, 11) is 1.65. The van der Waals surface area contributed by atoms with Crippen molar-refractivity contribution in [2.24, 2.45) is 0 Å². The van der Waals surface area contributed by atoms with Crippen molar-refractivity contribution in [2.45, 2.75) is 6.61 Å². The van der Waals surface area contributed by atoms with Crippen LogP contribution in [0, 0.1) is 0 Å². The molecule has 0 unspecified atom stereocenters. The predicted octanol–water partition coefficient (Wildman–Crippen LogP) is 6.47. The van der Waals surface area contributed by atoms with Crippen molar-refractivity contribution in [3.63, 3.8) is 0 Å². The van der Waals surface area contributed by atoms with Gasteiger partial charge in [0.15, 0.2) is 6.61 Å². The number of para-hydroxylation sites is 1. The Morgan fingerprint density at radius 1 is 0.811 bits per heavy atom. The molecule has 0 fully saturated rings. The maximum absolute atomic E-state index is 13.2. The number of nitrogens with zero attached hydrogens (tertiary/aromatic N) is 3. The molecule has 6 aromatic rings. The van der Waals surface area contributed by atoms with Crippen LogP contribution in [0.1, 0.15) is 16.2 Å². The molecule has 0 radical (unpaired) electrons. The molecule has 0 aliphatic rings. The molecule has 180 valence electrons. The van der Waals surface area contributed by atoms with Gasteiger partial charge in [-0.05, 0) is 53.2 Å². The Balaban J connectivity index is 1.30. The Kier molecular flexibility index (Phi) is 5.78. The van der Waals surface area contributed by atoms with Crippen molar-refractivity contribution in [3.05, 3.63) is 109 Å². The van der Waals surface area contributed by atoms with Gasteiger partial charge in [0.2, 0.25) is 5.89 Å². The van der Waals surface area contributed by atoms with E-state index >= 15 is 0 Å². The molecule has 37 heavy (non-hydrogen) atoms. The molecule has 7 nitrogen and oxygen atoms in total. The summed E-state index contributed by atoms with van der Waals surface area (Å²) < 4.78 is 16.6. The van der Waals surface area contributed by atoms with Gasteiger partial charge in [-0.2, -0.15) is 0 Å². The molecule has 0 spiro atoms. The summed E-state index contributed by atoms with van der Waals surface area (Å²) in [4.78, 5) is 18.0. The summed E-state index contributed by atoms with van der Waals surface area (Å²) in [6.45, 7) is -0.136. The predicted molar refractivity (Wildman–Crippen MR) is 140 cm³/mol. The lowest BCUT2D eigenvalue weighted by molar-refractivity contribution is 0.0441. The van der Waals surface area contributed by atoms with Crippen LogP contribution in [0.15, 0.2) is 101 Å². The van der Waals surface area contributed by atoms with E-state index in [-0.39, 0.29) is 12.5 Å². The Morgan fingerprint density at radius 3 is 2.46 bits per heavy atom. The van der Waals surface area contributed by atoms with Gasteiger partial charge in [-0.1, -0.05) is 54.6 Å². The fraction of sp³-hybridized carbons (Fsp3) is 0.0667. The number of aromatic nitrogens is 3. The molecule has 0 bridgehead atoms. The summed E-state index contributed by atoms with van der Waals surface area (Å²) in [5.41, 5.74) is 3.48. The zero-order valence-electron chi connectivity index (χ0n) is 19.9. The number of methoxy groups -OCH3 is 1. The van der Waals surface area contributed by atoms with Crippen LogP contribution in [0.2, 0.25) is 0 Å². The molecule has 0 atom stereocenters. The average molecular weight is 488 g/mol. The monoisotopic (exact) mass is 487 g/mol. The minimum atomic E-state index is -0.496. The summed E-state index contributed by atoms with van der Waals surface area (Å²) in [5, 5.41) is 10.9. The number of fused-ring (bicyclic) bond motifs is 2. The molecule has 2 heterocycles. The van der Waals surface area contributed by atoms with Gasteiger partial charge >= 0.3 is 5.97 Å². The lowest BCUT2D eigenvalue weighted by Crippen LogP contribution is -2.07. The van der Waals surface area contributed by atoms with E-state index in [1.807, 2.05) is 91.0 Å². The van der Waals surface area contributed by atoms with Crippen LogP contribution in [0.4, 0.5) is 0 Å². The molecule has 4 aromatic carbocycles. The van der Waals surface area contributed by atoms with Gasteiger partial charge in [-0.25, -0.2) is 9.78 Å². The van der Waals surface area contributed by atoms with Crippen LogP contribution in [-0.2, 0) is 11.3 Å². The highest BCUT2D eigenvalue weighted by Crippen LogP contribution is 2.29. The molecular weight excluding hydrogens is 466 g/mol. The van der Waals surface area contributed by atoms with E-state index in [2.05, 4.69) is 10.2 Å². The summed E-state index contributed by atoms with van der Waals surface area (Å²) in [6, 6.07) is 30.6. The molecule has 0 aliphatic carbocycles. The van der Waals surface area contributed by atoms with Crippen LogP contribution in [0.25, 0.3) is 44.4 Å². The molecule has 2 aromatic heterocycles. The zero-order chi connectivity index (χ0) is 25.2. The number of pyridine rings is 1. The van der Waals surface area contributed by atoms with Gasteiger partial charge in [0.1, 0.15) is 5.75 Å². The fourth-order valence-corrected chi connectivity index (χ4v) is 4.22. The molecular formula is C30H21N3O4. The van der Waals surface area contributed by atoms with Crippen molar-refractivity contribution in [1.29, 1.82) is 0 Å². The van der Waals surface area contributed by atoms with Gasteiger partial charge in [0.25, 0.3) is 5.89 Å². The van der Waals surface area contributed by atoms with Gasteiger partial charge < -0.3 is 13.9 Å². The molecule has 7 heteroatoms. The number of carbonyl (C=O) groups is 1. The number of hydrogen-bond acceptors (Lipinski definition) is 7. The summed E-state index contributed by atoms with van der Waals surface area (Å²) in [6.07, 6.45) is 0. The first-order valence-corrected chi connectivity index (χ1v) is 11.7. The summed E-state index contributed by atoms with van der Waals surface area (Å²) >= 11 is 0. The maximum Gasteiger partial charge on any atom is 0.339 e. The topological polar surface area (TPSA) is 87.3 Å². The van der Waals surface area contributed by atoms with Crippen LogP contribution in [0.3, 0.4) is 0 Å². The molecule has 6 rings (SSSR count). The van der Waals surface area contributed by atoms with Crippen LogP contribution in [0.5, 0.6) is 5.75 Å². The SMILES string of the molecule is COc1ccc2cc(-c3cc(C(=O)OCc4nnc(-c5ccccc5)o4)c4ccccc4n3)ccc2c1. The second-order valence-corrected chi connectivity index (χ2v) is 8.44. The molecule has 0 saturated carbocycles. The average Bonchev–Trinajstić information content (AvgIpc) is 3.44. The van der Waals surface area contributed by atoms with Crippen molar-refractivity contribution in [2.75, 3.05) is 7.11 Å². The third kappa shape index (κ3) is 4.50. The van der Waals surface area contributed by atoms with E-state index in [9.17, 15) is 4.79 Å². The number of hydrogen-bond donors (Lipinski definition) is 0. The van der Waals surface area contributed by atoms with E-state index in [1.54, 1.807) is 13.2 Å². The second-order valence-electron chi connectivity index (χ2n) is 8.44. The summed E-state index contributed by atoms with van der Waals surface area (Å²) in [5.74, 6) is 0.893. The number of ether oxygens (including phenoxy) is 2. The zero-order valence-corrected chi connectivity index (χ0v) is 19.9. The van der Waals surface area contributed by atoms with E-state index in [0.717, 1.165) is 27.6 Å². The second kappa shape index (κ2) is 9.54. The maximum atomic E-state index is 13.2. The third-order valence-corrected chi connectivity index (χ3v) is 6.09. The van der Waals surface area contributed by atoms with Gasteiger partial charge in [-0.3, -0.25) is 0 Å². The number of benzene rings is 4. The molecule has 0 amide bonds. The highest BCUT2D eigenvalue weighted by atomic mass is 16.5. The minimum absolute atomic E-state index is 0.136. The van der Waals surface area contributed by atoms with Gasteiger partial charge in [0, 0.05) is 16.5 Å². The lowest BCUT2D eigenvalue weighted by Gasteiger charge is -2.10. The van der Waals surface area contributed by atoms with Crippen molar-refractivity contribution in [3.8, 4) is 28.5 Å². The Morgan fingerprint density at radius 2 is 1.59 bits per heavy atom. The van der Waals surface area contributed by atoms with Crippen molar-refractivity contribution in [1.82, 2.24) is 15.2 Å². The molecule has 0 N–H and O–H groups in total. The van der Waals surface area contributed by atoms with Crippen molar-refractivity contribution >= 4 is 27.6 Å². The number of rotatable bonds is 6. The smallest absolute Gasteiger partial charge is 0.339 e. The molecule has 0 saturated heterocycles. The largest absolute Gasteiger partial charge is 0.497 e. The minimum Gasteiger partial charge on any atom is -0.497 e. The van der Waals surface area contributed by atoms with Gasteiger partial charge in [0.05, 0.1) is 23.9 Å². The highest BCUT2D eigenvalue weighted by molar-refractivity contribution is 6.04. The Labute approximate surface area is 212 Å². The number of esters is 1. The van der Waals surface area contributed by atoms with E-state index in [4.69, 9.17) is 18.9 Å². The first kappa shape index (κ1) is 22.4. The van der Waals surface area contributed by atoms with E-state index in [1.165, 1.54) is 0 Å². The normalized spacial score (nSPS) is 11.1. The Bertz CT molecular complexity index is 1750. The third-order valence-electron chi connectivity index (χ3n) is 6.09. The van der Waals surface area contributed by atoms with Gasteiger partial charge in [-0.15, -0.1) is 10.2 Å². The lowest BCUT2D eigenvalue weighted by atomic mass is 10.0. The van der Waals surface area contributed by atoms with E-state index < -0.39 is 5.97 Å². The quantitative estimate of drug-likeness (QED) is 0.249. The van der Waals surface area contributed by atoms with Crippen LogP contribution < -0.4 is 4.74 Å². The van der Waals surface area contributed by atoms with Crippen LogP contribution in [-0.4, -0.2) is 28.3 Å². The first-order valence-electron chi connectivity index (χ1n) is 11.7. The Hall–Kier alpha value is -5.04. The number of carbonyl (C=O) groups excluding carboxylic acids is 1. The van der Waals surface area contributed by atoms with Crippen molar-refractivity contribution < 1.29 is 18.7 Å².